The zero-order valence-corrected chi connectivity index (χ0v) is 11.2. The van der Waals surface area contributed by atoms with Crippen molar-refractivity contribution in [1.82, 2.24) is 4.98 Å². The second-order valence-electron chi connectivity index (χ2n) is 4.11. The number of rotatable bonds is 5. The van der Waals surface area contributed by atoms with Crippen molar-refractivity contribution in [2.75, 3.05) is 6.61 Å². The van der Waals surface area contributed by atoms with E-state index < -0.39 is 0 Å². The molecule has 0 aliphatic heterocycles. The summed E-state index contributed by atoms with van der Waals surface area (Å²) in [4.78, 5) is 4.37. The Morgan fingerprint density at radius 1 is 1.16 bits per heavy atom. The first-order valence-corrected chi connectivity index (χ1v) is 6.30. The van der Waals surface area contributed by atoms with Crippen molar-refractivity contribution in [3.05, 3.63) is 47.7 Å². The molecular weight excluding hydrogens is 240 g/mol. The Bertz CT molecular complexity index is 556. The molecule has 0 amide bonds. The SMILES string of the molecule is CCOc1cccc(Oc2ccc(CN)c(C)n2)c1. The van der Waals surface area contributed by atoms with E-state index in [9.17, 15) is 0 Å². The molecule has 0 atom stereocenters. The molecular formula is C15H18N2O2. The van der Waals surface area contributed by atoms with Gasteiger partial charge in [0.25, 0.3) is 0 Å². The molecule has 0 radical (unpaired) electrons. The molecule has 100 valence electrons. The van der Waals surface area contributed by atoms with Crippen molar-refractivity contribution in [3.8, 4) is 17.4 Å². The number of hydrogen-bond acceptors (Lipinski definition) is 4. The fraction of sp³-hybridized carbons (Fsp3) is 0.267. The van der Waals surface area contributed by atoms with Gasteiger partial charge in [-0.3, -0.25) is 0 Å². The number of aryl methyl sites for hydroxylation is 1. The summed E-state index contributed by atoms with van der Waals surface area (Å²) in [7, 11) is 0. The topological polar surface area (TPSA) is 57.4 Å². The Kier molecular flexibility index (Phi) is 4.36. The van der Waals surface area contributed by atoms with Crippen LogP contribution in [0.5, 0.6) is 17.4 Å². The highest BCUT2D eigenvalue weighted by Crippen LogP contribution is 2.24. The Hall–Kier alpha value is -2.07. The van der Waals surface area contributed by atoms with Gasteiger partial charge in [0, 0.05) is 24.4 Å². The van der Waals surface area contributed by atoms with E-state index in [2.05, 4.69) is 4.98 Å². The van der Waals surface area contributed by atoms with Crippen molar-refractivity contribution in [2.24, 2.45) is 5.73 Å². The molecule has 19 heavy (non-hydrogen) atoms. The summed E-state index contributed by atoms with van der Waals surface area (Å²) in [6, 6.07) is 11.3. The summed E-state index contributed by atoms with van der Waals surface area (Å²) in [5, 5.41) is 0. The molecule has 0 aliphatic rings. The smallest absolute Gasteiger partial charge is 0.219 e. The van der Waals surface area contributed by atoms with Crippen molar-refractivity contribution in [3.63, 3.8) is 0 Å². The van der Waals surface area contributed by atoms with Gasteiger partial charge in [0.15, 0.2) is 0 Å². The highest BCUT2D eigenvalue weighted by molar-refractivity contribution is 5.36. The number of nitrogens with zero attached hydrogens (tertiary/aromatic N) is 1. The second kappa shape index (κ2) is 6.20. The third kappa shape index (κ3) is 3.45. The van der Waals surface area contributed by atoms with Crippen LogP contribution in [0.2, 0.25) is 0 Å². The van der Waals surface area contributed by atoms with Crippen LogP contribution in [-0.2, 0) is 6.54 Å². The molecule has 0 fully saturated rings. The quantitative estimate of drug-likeness (QED) is 0.895. The van der Waals surface area contributed by atoms with E-state index in [1.54, 1.807) is 0 Å². The summed E-state index contributed by atoms with van der Waals surface area (Å²) in [6.07, 6.45) is 0. The van der Waals surface area contributed by atoms with Gasteiger partial charge < -0.3 is 15.2 Å². The minimum absolute atomic E-state index is 0.485. The lowest BCUT2D eigenvalue weighted by atomic mass is 10.2. The number of nitrogens with two attached hydrogens (primary N) is 1. The Labute approximate surface area is 113 Å². The van der Waals surface area contributed by atoms with E-state index in [1.807, 2.05) is 50.2 Å². The first-order chi connectivity index (χ1) is 9.22. The van der Waals surface area contributed by atoms with Gasteiger partial charge >= 0.3 is 0 Å². The average molecular weight is 258 g/mol. The predicted octanol–water partition coefficient (Wildman–Crippen LogP) is 3.04. The number of hydrogen-bond donors (Lipinski definition) is 1. The Morgan fingerprint density at radius 2 is 1.95 bits per heavy atom. The van der Waals surface area contributed by atoms with Crippen LogP contribution in [-0.4, -0.2) is 11.6 Å². The van der Waals surface area contributed by atoms with Crippen LogP contribution in [0.4, 0.5) is 0 Å². The average Bonchev–Trinajstić information content (AvgIpc) is 2.40. The van der Waals surface area contributed by atoms with Crippen molar-refractivity contribution in [1.29, 1.82) is 0 Å². The molecule has 1 heterocycles. The van der Waals surface area contributed by atoms with Crippen LogP contribution in [0.25, 0.3) is 0 Å². The highest BCUT2D eigenvalue weighted by atomic mass is 16.5. The summed E-state index contributed by atoms with van der Waals surface area (Å²) in [6.45, 7) is 4.99. The zero-order chi connectivity index (χ0) is 13.7. The predicted molar refractivity (Wildman–Crippen MR) is 74.6 cm³/mol. The van der Waals surface area contributed by atoms with Crippen molar-refractivity contribution < 1.29 is 9.47 Å². The van der Waals surface area contributed by atoms with E-state index in [1.165, 1.54) is 0 Å². The minimum atomic E-state index is 0.485. The first kappa shape index (κ1) is 13.4. The standard InChI is InChI=1S/C15H18N2O2/c1-3-18-13-5-4-6-14(9-13)19-15-8-7-12(10-16)11(2)17-15/h4-9H,3,10,16H2,1-2H3. The van der Waals surface area contributed by atoms with Crippen LogP contribution < -0.4 is 15.2 Å². The van der Waals surface area contributed by atoms with Crippen LogP contribution >= 0.6 is 0 Å². The minimum Gasteiger partial charge on any atom is -0.494 e. The fourth-order valence-corrected chi connectivity index (χ4v) is 1.75. The van der Waals surface area contributed by atoms with Crippen molar-refractivity contribution >= 4 is 0 Å². The van der Waals surface area contributed by atoms with E-state index in [0.29, 0.717) is 24.8 Å². The van der Waals surface area contributed by atoms with E-state index >= 15 is 0 Å². The van der Waals surface area contributed by atoms with Gasteiger partial charge in [-0.25, -0.2) is 4.98 Å². The van der Waals surface area contributed by atoms with E-state index in [0.717, 1.165) is 17.0 Å². The summed E-state index contributed by atoms with van der Waals surface area (Å²) in [5.41, 5.74) is 7.52. The zero-order valence-electron chi connectivity index (χ0n) is 11.2. The van der Waals surface area contributed by atoms with Gasteiger partial charge in [0.05, 0.1) is 6.61 Å². The summed E-state index contributed by atoms with van der Waals surface area (Å²) < 4.78 is 11.1. The van der Waals surface area contributed by atoms with Crippen LogP contribution in [0.3, 0.4) is 0 Å². The maximum atomic E-state index is 5.71. The Balaban J connectivity index is 2.16. The molecule has 1 aromatic carbocycles. The lowest BCUT2D eigenvalue weighted by Crippen LogP contribution is -2.01. The van der Waals surface area contributed by atoms with Gasteiger partial charge in [-0.1, -0.05) is 12.1 Å². The van der Waals surface area contributed by atoms with Crippen LogP contribution in [0.1, 0.15) is 18.2 Å². The van der Waals surface area contributed by atoms with Gasteiger partial charge in [-0.15, -0.1) is 0 Å². The monoisotopic (exact) mass is 258 g/mol. The van der Waals surface area contributed by atoms with Gasteiger partial charge in [-0.05, 0) is 31.5 Å². The molecule has 1 aromatic heterocycles. The van der Waals surface area contributed by atoms with Gasteiger partial charge in [-0.2, -0.15) is 0 Å². The summed E-state index contributed by atoms with van der Waals surface area (Å²) >= 11 is 0. The molecule has 4 heteroatoms. The molecule has 0 aliphatic carbocycles. The molecule has 2 aromatic rings. The molecule has 2 N–H and O–H groups in total. The van der Waals surface area contributed by atoms with Gasteiger partial charge in [0.2, 0.25) is 5.88 Å². The molecule has 0 bridgehead atoms. The normalized spacial score (nSPS) is 10.3. The molecule has 2 rings (SSSR count). The van der Waals surface area contributed by atoms with E-state index in [-0.39, 0.29) is 0 Å². The summed E-state index contributed by atoms with van der Waals surface area (Å²) in [5.74, 6) is 2.05. The molecule has 0 saturated carbocycles. The highest BCUT2D eigenvalue weighted by Gasteiger charge is 2.03. The fourth-order valence-electron chi connectivity index (χ4n) is 1.75. The number of aromatic nitrogens is 1. The van der Waals surface area contributed by atoms with Crippen LogP contribution in [0, 0.1) is 6.92 Å². The first-order valence-electron chi connectivity index (χ1n) is 6.30. The Morgan fingerprint density at radius 3 is 2.63 bits per heavy atom. The maximum Gasteiger partial charge on any atom is 0.219 e. The largest absolute Gasteiger partial charge is 0.494 e. The molecule has 0 saturated heterocycles. The lowest BCUT2D eigenvalue weighted by Gasteiger charge is -2.09. The molecule has 0 spiro atoms. The van der Waals surface area contributed by atoms with E-state index in [4.69, 9.17) is 15.2 Å². The number of benzene rings is 1. The maximum absolute atomic E-state index is 5.71. The number of ether oxygens (including phenoxy) is 2. The lowest BCUT2D eigenvalue weighted by molar-refractivity contribution is 0.338. The third-order valence-corrected chi connectivity index (χ3v) is 2.73. The van der Waals surface area contributed by atoms with Gasteiger partial charge in [0.1, 0.15) is 11.5 Å². The molecule has 0 unspecified atom stereocenters. The van der Waals surface area contributed by atoms with Crippen molar-refractivity contribution in [2.45, 2.75) is 20.4 Å². The number of pyridine rings is 1. The third-order valence-electron chi connectivity index (χ3n) is 2.73. The second-order valence-corrected chi connectivity index (χ2v) is 4.11. The molecule has 4 nitrogen and oxygen atoms in total. The van der Waals surface area contributed by atoms with Crippen LogP contribution in [0.15, 0.2) is 36.4 Å².